The summed E-state index contributed by atoms with van der Waals surface area (Å²) in [5.41, 5.74) is 6.16. The van der Waals surface area contributed by atoms with Crippen LogP contribution in [-0.4, -0.2) is 74.5 Å². The van der Waals surface area contributed by atoms with Crippen LogP contribution in [0.3, 0.4) is 0 Å². The number of piperidine rings is 2. The van der Waals surface area contributed by atoms with E-state index in [-0.39, 0.29) is 28.1 Å². The van der Waals surface area contributed by atoms with E-state index in [9.17, 15) is 0 Å². The number of nitrogens with two attached hydrogens (primary N) is 1. The first kappa shape index (κ1) is 33.7. The molecule has 10 nitrogen and oxygen atoms in total. The lowest BCUT2D eigenvalue weighted by atomic mass is 9.73. The van der Waals surface area contributed by atoms with Crippen molar-refractivity contribution >= 4 is 17.8 Å². The molecule has 3 heterocycles. The number of nitrogens with one attached hydrogen (secondary N) is 2. The molecule has 2 aliphatic heterocycles. The molecule has 2 saturated heterocycles. The van der Waals surface area contributed by atoms with E-state index in [0.29, 0.717) is 23.7 Å². The van der Waals surface area contributed by atoms with Crippen LogP contribution in [0.15, 0.2) is 0 Å². The van der Waals surface area contributed by atoms with E-state index < -0.39 is 0 Å². The maximum absolute atomic E-state index is 5.99. The molecule has 0 amide bonds. The van der Waals surface area contributed by atoms with Crippen LogP contribution < -0.4 is 16.4 Å². The Morgan fingerprint density at radius 2 is 0.976 bits per heavy atom. The highest BCUT2D eigenvalue weighted by molar-refractivity contribution is 5.39. The van der Waals surface area contributed by atoms with Crippen LogP contribution in [0.5, 0.6) is 0 Å². The molecule has 3 rings (SSSR count). The summed E-state index contributed by atoms with van der Waals surface area (Å²) in [5.74, 6) is 2.74. The summed E-state index contributed by atoms with van der Waals surface area (Å²) >= 11 is 0. The van der Waals surface area contributed by atoms with E-state index >= 15 is 0 Å². The van der Waals surface area contributed by atoms with E-state index in [1.54, 1.807) is 14.2 Å². The van der Waals surface area contributed by atoms with Gasteiger partial charge in [-0.25, -0.2) is 0 Å². The largest absolute Gasteiger partial charge is 0.368 e. The molecule has 0 spiro atoms. The van der Waals surface area contributed by atoms with Gasteiger partial charge in [0.05, 0.1) is 14.2 Å². The van der Waals surface area contributed by atoms with E-state index in [1.165, 1.54) is 25.7 Å². The number of aromatic nitrogens is 3. The van der Waals surface area contributed by atoms with Gasteiger partial charge >= 0.3 is 0 Å². The lowest BCUT2D eigenvalue weighted by Crippen LogP contribution is -2.59. The van der Waals surface area contributed by atoms with Gasteiger partial charge in [0.1, 0.15) is 0 Å². The second-order valence-corrected chi connectivity index (χ2v) is 14.9. The molecule has 2 fully saturated rings. The first-order valence-electron chi connectivity index (χ1n) is 15.8. The third kappa shape index (κ3) is 9.12. The Bertz CT molecular complexity index is 859. The van der Waals surface area contributed by atoms with E-state index in [2.05, 4.69) is 91.1 Å². The molecule has 1 aromatic rings. The number of rotatable bonds is 14. The second kappa shape index (κ2) is 13.7. The Morgan fingerprint density at radius 3 is 1.29 bits per heavy atom. The van der Waals surface area contributed by atoms with Gasteiger partial charge in [-0.15, -0.1) is 0 Å². The first-order valence-corrected chi connectivity index (χ1v) is 15.8. The minimum atomic E-state index is 0.0426. The monoisotopic (exact) mass is 576 g/mol. The average Bonchev–Trinajstić information content (AvgIpc) is 2.81. The van der Waals surface area contributed by atoms with Crippen LogP contribution in [0.4, 0.5) is 17.8 Å². The van der Waals surface area contributed by atoms with Gasteiger partial charge in [-0.05, 0) is 106 Å². The number of hydrogen-bond donors (Lipinski definition) is 3. The van der Waals surface area contributed by atoms with Crippen LogP contribution in [0.1, 0.15) is 120 Å². The van der Waals surface area contributed by atoms with Gasteiger partial charge in [0, 0.05) is 35.2 Å². The zero-order valence-electron chi connectivity index (χ0n) is 27.8. The molecule has 4 N–H and O–H groups in total. The van der Waals surface area contributed by atoms with Crippen molar-refractivity contribution in [3.8, 4) is 0 Å². The van der Waals surface area contributed by atoms with Crippen molar-refractivity contribution in [1.29, 1.82) is 0 Å². The topological polar surface area (TPSA) is 114 Å². The Kier molecular flexibility index (Phi) is 11.3. The van der Waals surface area contributed by atoms with Gasteiger partial charge in [0.2, 0.25) is 17.8 Å². The van der Waals surface area contributed by atoms with Gasteiger partial charge in [-0.3, -0.25) is 0 Å². The summed E-state index contributed by atoms with van der Waals surface area (Å²) in [4.78, 5) is 24.6. The van der Waals surface area contributed by atoms with Crippen molar-refractivity contribution in [2.75, 3.05) is 43.7 Å². The quantitative estimate of drug-likeness (QED) is 0.219. The van der Waals surface area contributed by atoms with Crippen molar-refractivity contribution < 1.29 is 9.68 Å². The highest BCUT2D eigenvalue weighted by Crippen LogP contribution is 2.44. The summed E-state index contributed by atoms with van der Waals surface area (Å²) in [7, 11) is 3.58. The molecule has 41 heavy (non-hydrogen) atoms. The standard InChI is InChI=1S/C31H60N8O2/c1-28(2)19-23(20-29(3,4)38(28)40-9)15-11-13-17-33-26-35-25(32)36-27(37-26)34-18-14-12-16-24-21-30(5,6)39(41-10)31(7,8)22-24/h23-24H,11-22H2,1-10H3,(H4,32,33,34,35,36,37). The molecule has 2 aliphatic rings. The van der Waals surface area contributed by atoms with Crippen molar-refractivity contribution in [1.82, 2.24) is 25.1 Å². The van der Waals surface area contributed by atoms with E-state index in [4.69, 9.17) is 15.4 Å². The van der Waals surface area contributed by atoms with Crippen molar-refractivity contribution in [3.05, 3.63) is 0 Å². The molecule has 236 valence electrons. The molecule has 0 saturated carbocycles. The highest BCUT2D eigenvalue weighted by Gasteiger charge is 2.46. The molecule has 0 bridgehead atoms. The maximum atomic E-state index is 5.99. The SMILES string of the molecule is CON1C(C)(C)CC(CCCCNc2nc(N)nc(NCCCCC3CC(C)(C)N(OC)C(C)(C)C3)n2)CC1(C)C. The van der Waals surface area contributed by atoms with Gasteiger partial charge in [-0.1, -0.05) is 25.7 Å². The number of unbranched alkanes of at least 4 members (excludes halogenated alkanes) is 2. The van der Waals surface area contributed by atoms with Gasteiger partial charge in [0.25, 0.3) is 0 Å². The number of hydroxylamine groups is 4. The highest BCUT2D eigenvalue weighted by atomic mass is 16.7. The molecular formula is C31H60N8O2. The number of hydrogen-bond acceptors (Lipinski definition) is 10. The fourth-order valence-electron chi connectivity index (χ4n) is 8.40. The number of anilines is 3. The van der Waals surface area contributed by atoms with E-state index in [0.717, 1.165) is 51.6 Å². The molecule has 1 aromatic heterocycles. The van der Waals surface area contributed by atoms with Crippen LogP contribution in [-0.2, 0) is 9.68 Å². The normalized spacial score (nSPS) is 23.0. The van der Waals surface area contributed by atoms with Crippen LogP contribution in [0, 0.1) is 11.8 Å². The van der Waals surface area contributed by atoms with Crippen LogP contribution in [0.25, 0.3) is 0 Å². The van der Waals surface area contributed by atoms with Gasteiger partial charge < -0.3 is 26.0 Å². The Labute approximate surface area is 249 Å². The van der Waals surface area contributed by atoms with Crippen LogP contribution in [0.2, 0.25) is 0 Å². The zero-order valence-corrected chi connectivity index (χ0v) is 27.8. The summed E-state index contributed by atoms with van der Waals surface area (Å²) in [6, 6.07) is 0. The van der Waals surface area contributed by atoms with Gasteiger partial charge in [0.15, 0.2) is 0 Å². The van der Waals surface area contributed by atoms with Crippen molar-refractivity contribution in [2.45, 2.75) is 142 Å². The Balaban J connectivity index is 1.36. The third-order valence-corrected chi connectivity index (χ3v) is 9.01. The second-order valence-electron chi connectivity index (χ2n) is 14.9. The minimum absolute atomic E-state index is 0.0426. The third-order valence-electron chi connectivity index (χ3n) is 9.01. The van der Waals surface area contributed by atoms with E-state index in [1.807, 2.05) is 0 Å². The molecule has 10 heteroatoms. The molecule has 0 unspecified atom stereocenters. The Morgan fingerprint density at radius 1 is 0.634 bits per heavy atom. The van der Waals surface area contributed by atoms with Crippen molar-refractivity contribution in [3.63, 3.8) is 0 Å². The fourth-order valence-corrected chi connectivity index (χ4v) is 8.40. The minimum Gasteiger partial charge on any atom is -0.368 e. The molecule has 0 aliphatic carbocycles. The average molecular weight is 577 g/mol. The maximum Gasteiger partial charge on any atom is 0.229 e. The molecule has 0 atom stereocenters. The number of nitrogen functional groups attached to an aromatic ring is 1. The predicted molar refractivity (Wildman–Crippen MR) is 168 cm³/mol. The summed E-state index contributed by atoms with van der Waals surface area (Å²) < 4.78 is 0. The fraction of sp³-hybridized carbons (Fsp3) is 0.903. The summed E-state index contributed by atoms with van der Waals surface area (Å²) in [6.45, 7) is 19.9. The van der Waals surface area contributed by atoms with Gasteiger partial charge in [-0.2, -0.15) is 25.1 Å². The molecule has 0 aromatic carbocycles. The zero-order chi connectivity index (χ0) is 30.5. The number of nitrogens with zero attached hydrogens (tertiary/aromatic N) is 5. The van der Waals surface area contributed by atoms with Crippen LogP contribution >= 0.6 is 0 Å². The van der Waals surface area contributed by atoms with Crippen molar-refractivity contribution in [2.24, 2.45) is 11.8 Å². The summed E-state index contributed by atoms with van der Waals surface area (Å²) in [5, 5.41) is 11.1. The lowest BCUT2D eigenvalue weighted by Gasteiger charge is -2.53. The summed E-state index contributed by atoms with van der Waals surface area (Å²) in [6.07, 6.45) is 11.5. The lowest BCUT2D eigenvalue weighted by molar-refractivity contribution is -0.272. The molecule has 0 radical (unpaired) electrons. The predicted octanol–water partition coefficient (Wildman–Crippen LogP) is 6.28. The first-order chi connectivity index (χ1) is 19.1. The molecular weight excluding hydrogens is 516 g/mol. The Hall–Kier alpha value is -1.75. The smallest absolute Gasteiger partial charge is 0.229 e.